The van der Waals surface area contributed by atoms with E-state index in [0.29, 0.717) is 6.61 Å². The van der Waals surface area contributed by atoms with Gasteiger partial charge >= 0.3 is 0 Å². The van der Waals surface area contributed by atoms with Crippen molar-refractivity contribution in [3.05, 3.63) is 96.1 Å². The van der Waals surface area contributed by atoms with Crippen molar-refractivity contribution in [2.75, 3.05) is 27.2 Å². The SMILES string of the molecule is CN(C)CCOC(c1ccccc1)c1ccc(Oc2ccccc2)cc1. The molecule has 26 heavy (non-hydrogen) atoms. The van der Waals surface area contributed by atoms with Gasteiger partial charge in [-0.1, -0.05) is 60.7 Å². The molecule has 134 valence electrons. The maximum Gasteiger partial charge on any atom is 0.127 e. The lowest BCUT2D eigenvalue weighted by molar-refractivity contribution is 0.0687. The van der Waals surface area contributed by atoms with Crippen LogP contribution in [0.1, 0.15) is 17.2 Å². The Kier molecular flexibility index (Phi) is 6.42. The summed E-state index contributed by atoms with van der Waals surface area (Å²) < 4.78 is 12.1. The molecule has 0 bridgehead atoms. The summed E-state index contributed by atoms with van der Waals surface area (Å²) in [6, 6.07) is 28.3. The second-order valence-electron chi connectivity index (χ2n) is 6.45. The van der Waals surface area contributed by atoms with E-state index >= 15 is 0 Å². The summed E-state index contributed by atoms with van der Waals surface area (Å²) in [5.74, 6) is 1.65. The molecule has 0 radical (unpaired) electrons. The molecule has 3 aromatic rings. The summed E-state index contributed by atoms with van der Waals surface area (Å²) in [6.45, 7) is 1.56. The summed E-state index contributed by atoms with van der Waals surface area (Å²) in [7, 11) is 4.10. The second-order valence-corrected chi connectivity index (χ2v) is 6.45. The minimum Gasteiger partial charge on any atom is -0.457 e. The fourth-order valence-corrected chi connectivity index (χ4v) is 2.70. The number of likely N-dealkylation sites (N-methyl/N-ethyl adjacent to an activating group) is 1. The number of para-hydroxylation sites is 1. The van der Waals surface area contributed by atoms with E-state index in [1.165, 1.54) is 0 Å². The molecular weight excluding hydrogens is 322 g/mol. The Bertz CT molecular complexity index is 770. The van der Waals surface area contributed by atoms with Crippen molar-refractivity contribution < 1.29 is 9.47 Å². The molecule has 0 amide bonds. The van der Waals surface area contributed by atoms with Crippen LogP contribution in [0.25, 0.3) is 0 Å². The topological polar surface area (TPSA) is 21.7 Å². The fraction of sp³-hybridized carbons (Fsp3) is 0.217. The molecule has 3 rings (SSSR count). The molecule has 0 aliphatic rings. The van der Waals surface area contributed by atoms with Crippen molar-refractivity contribution >= 4 is 0 Å². The minimum absolute atomic E-state index is 0.0816. The number of ether oxygens (including phenoxy) is 2. The number of benzene rings is 3. The molecule has 0 N–H and O–H groups in total. The molecule has 0 saturated carbocycles. The van der Waals surface area contributed by atoms with E-state index in [1.54, 1.807) is 0 Å². The molecule has 1 atom stereocenters. The fourth-order valence-electron chi connectivity index (χ4n) is 2.70. The molecule has 0 spiro atoms. The van der Waals surface area contributed by atoms with Crippen LogP contribution in [0.2, 0.25) is 0 Å². The molecule has 0 aliphatic carbocycles. The Labute approximate surface area is 155 Å². The van der Waals surface area contributed by atoms with E-state index < -0.39 is 0 Å². The molecule has 3 aromatic carbocycles. The van der Waals surface area contributed by atoms with E-state index in [4.69, 9.17) is 9.47 Å². The van der Waals surface area contributed by atoms with Crippen LogP contribution >= 0.6 is 0 Å². The second kappa shape index (κ2) is 9.18. The van der Waals surface area contributed by atoms with Crippen molar-refractivity contribution in [3.63, 3.8) is 0 Å². The van der Waals surface area contributed by atoms with Gasteiger partial charge in [0.15, 0.2) is 0 Å². The van der Waals surface area contributed by atoms with Gasteiger partial charge in [-0.3, -0.25) is 0 Å². The zero-order chi connectivity index (χ0) is 18.2. The summed E-state index contributed by atoms with van der Waals surface area (Å²) in [6.07, 6.45) is -0.0816. The Morgan fingerprint density at radius 3 is 1.85 bits per heavy atom. The lowest BCUT2D eigenvalue weighted by Crippen LogP contribution is -2.20. The van der Waals surface area contributed by atoms with Gasteiger partial charge in [0.1, 0.15) is 17.6 Å². The van der Waals surface area contributed by atoms with E-state index in [1.807, 2.05) is 60.7 Å². The third kappa shape index (κ3) is 5.19. The first-order chi connectivity index (χ1) is 12.7. The number of hydrogen-bond acceptors (Lipinski definition) is 3. The van der Waals surface area contributed by atoms with Crippen molar-refractivity contribution in [1.82, 2.24) is 4.90 Å². The summed E-state index contributed by atoms with van der Waals surface area (Å²) in [4.78, 5) is 2.12. The van der Waals surface area contributed by atoms with Gasteiger partial charge < -0.3 is 14.4 Å². The molecule has 0 fully saturated rings. The number of hydrogen-bond donors (Lipinski definition) is 0. The van der Waals surface area contributed by atoms with Gasteiger partial charge in [0, 0.05) is 6.54 Å². The van der Waals surface area contributed by atoms with Gasteiger partial charge in [-0.25, -0.2) is 0 Å². The van der Waals surface area contributed by atoms with Crippen molar-refractivity contribution in [2.45, 2.75) is 6.10 Å². The predicted octanol–water partition coefficient (Wildman–Crippen LogP) is 5.15. The average molecular weight is 347 g/mol. The summed E-state index contributed by atoms with van der Waals surface area (Å²) >= 11 is 0. The van der Waals surface area contributed by atoms with Crippen LogP contribution in [0, 0.1) is 0 Å². The molecule has 3 nitrogen and oxygen atoms in total. The van der Waals surface area contributed by atoms with Crippen LogP contribution in [0.5, 0.6) is 11.5 Å². The number of rotatable bonds is 8. The van der Waals surface area contributed by atoms with Gasteiger partial charge in [-0.2, -0.15) is 0 Å². The Morgan fingerprint density at radius 2 is 1.23 bits per heavy atom. The predicted molar refractivity (Wildman–Crippen MR) is 106 cm³/mol. The number of nitrogens with zero attached hydrogens (tertiary/aromatic N) is 1. The van der Waals surface area contributed by atoms with Crippen LogP contribution in [-0.4, -0.2) is 32.1 Å². The van der Waals surface area contributed by atoms with Crippen LogP contribution in [0.3, 0.4) is 0 Å². The van der Waals surface area contributed by atoms with Gasteiger partial charge in [0.05, 0.1) is 6.61 Å². The molecule has 1 unspecified atom stereocenters. The lowest BCUT2D eigenvalue weighted by Gasteiger charge is -2.20. The molecular formula is C23H25NO2. The van der Waals surface area contributed by atoms with Crippen LogP contribution in [0.4, 0.5) is 0 Å². The highest BCUT2D eigenvalue weighted by Crippen LogP contribution is 2.29. The first-order valence-corrected chi connectivity index (χ1v) is 8.86. The molecule has 0 heterocycles. The zero-order valence-corrected chi connectivity index (χ0v) is 15.3. The third-order valence-electron chi connectivity index (χ3n) is 4.09. The van der Waals surface area contributed by atoms with Crippen molar-refractivity contribution in [3.8, 4) is 11.5 Å². The smallest absolute Gasteiger partial charge is 0.127 e. The average Bonchev–Trinajstić information content (AvgIpc) is 2.67. The Morgan fingerprint density at radius 1 is 0.692 bits per heavy atom. The largest absolute Gasteiger partial charge is 0.457 e. The zero-order valence-electron chi connectivity index (χ0n) is 15.3. The van der Waals surface area contributed by atoms with E-state index in [-0.39, 0.29) is 6.10 Å². The maximum absolute atomic E-state index is 6.20. The lowest BCUT2D eigenvalue weighted by atomic mass is 10.0. The highest BCUT2D eigenvalue weighted by molar-refractivity contribution is 5.36. The first-order valence-electron chi connectivity index (χ1n) is 8.86. The third-order valence-corrected chi connectivity index (χ3v) is 4.09. The van der Waals surface area contributed by atoms with Crippen molar-refractivity contribution in [2.24, 2.45) is 0 Å². The molecule has 0 saturated heterocycles. The van der Waals surface area contributed by atoms with E-state index in [2.05, 4.69) is 43.3 Å². The quantitative estimate of drug-likeness (QED) is 0.563. The van der Waals surface area contributed by atoms with E-state index in [9.17, 15) is 0 Å². The van der Waals surface area contributed by atoms with Crippen molar-refractivity contribution in [1.29, 1.82) is 0 Å². The Hall–Kier alpha value is -2.62. The first kappa shape index (κ1) is 18.2. The van der Waals surface area contributed by atoms with Crippen LogP contribution in [-0.2, 0) is 4.74 Å². The van der Waals surface area contributed by atoms with E-state index in [0.717, 1.165) is 29.2 Å². The normalized spacial score (nSPS) is 12.1. The monoisotopic (exact) mass is 347 g/mol. The minimum atomic E-state index is -0.0816. The van der Waals surface area contributed by atoms with Gasteiger partial charge in [-0.15, -0.1) is 0 Å². The molecule has 0 aliphatic heterocycles. The maximum atomic E-state index is 6.20. The Balaban J connectivity index is 1.75. The van der Waals surface area contributed by atoms with Crippen LogP contribution in [0.15, 0.2) is 84.9 Å². The summed E-state index contributed by atoms with van der Waals surface area (Å²) in [5.41, 5.74) is 2.28. The molecule has 0 aromatic heterocycles. The molecule has 3 heteroatoms. The summed E-state index contributed by atoms with van der Waals surface area (Å²) in [5, 5.41) is 0. The van der Waals surface area contributed by atoms with Crippen LogP contribution < -0.4 is 4.74 Å². The standard InChI is InChI=1S/C23H25NO2/c1-24(2)17-18-25-23(19-9-5-3-6-10-19)20-13-15-22(16-14-20)26-21-11-7-4-8-12-21/h3-16,23H,17-18H2,1-2H3. The van der Waals surface area contributed by atoms with Gasteiger partial charge in [0.2, 0.25) is 0 Å². The van der Waals surface area contributed by atoms with Gasteiger partial charge in [-0.05, 0) is 49.5 Å². The highest BCUT2D eigenvalue weighted by Gasteiger charge is 2.15. The highest BCUT2D eigenvalue weighted by atomic mass is 16.5. The van der Waals surface area contributed by atoms with Gasteiger partial charge in [0.25, 0.3) is 0 Å².